The van der Waals surface area contributed by atoms with Crippen molar-refractivity contribution in [1.29, 1.82) is 0 Å². The van der Waals surface area contributed by atoms with Gasteiger partial charge in [0, 0.05) is 35.1 Å². The molecule has 5 nitrogen and oxygen atoms in total. The molecule has 0 saturated carbocycles. The number of anilines is 2. The van der Waals surface area contributed by atoms with Crippen molar-refractivity contribution < 1.29 is 4.74 Å². The van der Waals surface area contributed by atoms with Crippen molar-refractivity contribution in [2.75, 3.05) is 23.9 Å². The van der Waals surface area contributed by atoms with Crippen molar-refractivity contribution in [3.63, 3.8) is 0 Å². The zero-order valence-corrected chi connectivity index (χ0v) is 18.4. The Labute approximate surface area is 178 Å². The zero-order chi connectivity index (χ0) is 21.0. The second-order valence-corrected chi connectivity index (χ2v) is 7.93. The first kappa shape index (κ1) is 20.9. The maximum absolute atomic E-state index is 5.65. The van der Waals surface area contributed by atoms with Crippen LogP contribution in [0.25, 0.3) is 5.57 Å². The normalized spacial score (nSPS) is 14.9. The summed E-state index contributed by atoms with van der Waals surface area (Å²) in [6.07, 6.45) is 4.05. The Morgan fingerprint density at radius 1 is 1.24 bits per heavy atom. The Morgan fingerprint density at radius 3 is 2.62 bits per heavy atom. The molecule has 152 valence electrons. The fourth-order valence-electron chi connectivity index (χ4n) is 3.82. The van der Waals surface area contributed by atoms with E-state index in [-0.39, 0.29) is 5.54 Å². The summed E-state index contributed by atoms with van der Waals surface area (Å²) in [4.78, 5) is 2.38. The van der Waals surface area contributed by atoms with Gasteiger partial charge >= 0.3 is 0 Å². The Balaban J connectivity index is 1.82. The third-order valence-corrected chi connectivity index (χ3v) is 5.24. The van der Waals surface area contributed by atoms with E-state index in [0.29, 0.717) is 5.11 Å². The first-order valence-electron chi connectivity index (χ1n) is 9.70. The van der Waals surface area contributed by atoms with E-state index in [1.807, 2.05) is 30.3 Å². The molecule has 0 aliphatic carbocycles. The molecule has 3 rings (SSSR count). The van der Waals surface area contributed by atoms with Gasteiger partial charge in [-0.25, -0.2) is 0 Å². The van der Waals surface area contributed by atoms with Gasteiger partial charge in [-0.2, -0.15) is 5.10 Å². The molecule has 29 heavy (non-hydrogen) atoms. The van der Waals surface area contributed by atoms with Gasteiger partial charge in [-0.3, -0.25) is 5.43 Å². The molecule has 2 N–H and O–H groups in total. The highest BCUT2D eigenvalue weighted by Crippen LogP contribution is 2.41. The number of nitrogens with zero attached hydrogens (tertiary/aromatic N) is 2. The van der Waals surface area contributed by atoms with E-state index in [0.717, 1.165) is 23.5 Å². The first-order valence-corrected chi connectivity index (χ1v) is 10.1. The van der Waals surface area contributed by atoms with Crippen LogP contribution in [0.1, 0.15) is 38.8 Å². The summed E-state index contributed by atoms with van der Waals surface area (Å²) < 4.78 is 5.65. The third-order valence-electron chi connectivity index (χ3n) is 5.05. The number of para-hydroxylation sites is 1. The monoisotopic (exact) mass is 408 g/mol. The Kier molecular flexibility index (Phi) is 6.23. The maximum Gasteiger partial charge on any atom is 0.191 e. The summed E-state index contributed by atoms with van der Waals surface area (Å²) >= 11 is 5.30. The summed E-state index contributed by atoms with van der Waals surface area (Å²) in [6, 6.07) is 14.0. The average molecular weight is 409 g/mol. The van der Waals surface area contributed by atoms with E-state index in [1.165, 1.54) is 16.8 Å². The summed E-state index contributed by atoms with van der Waals surface area (Å²) in [5.41, 5.74) is 8.26. The topological polar surface area (TPSA) is 48.9 Å². The van der Waals surface area contributed by atoms with Gasteiger partial charge in [-0.15, -0.1) is 0 Å². The third kappa shape index (κ3) is 4.59. The number of nitrogens with one attached hydrogen (secondary N) is 2. The highest BCUT2D eigenvalue weighted by atomic mass is 32.1. The van der Waals surface area contributed by atoms with Crippen LogP contribution in [0.15, 0.2) is 53.6 Å². The number of rotatable bonds is 5. The lowest BCUT2D eigenvalue weighted by Crippen LogP contribution is -2.44. The van der Waals surface area contributed by atoms with Crippen LogP contribution in [-0.4, -0.2) is 30.5 Å². The van der Waals surface area contributed by atoms with Crippen LogP contribution in [0, 0.1) is 0 Å². The lowest BCUT2D eigenvalue weighted by atomic mass is 9.88. The van der Waals surface area contributed by atoms with Crippen LogP contribution >= 0.6 is 12.2 Å². The van der Waals surface area contributed by atoms with Crippen molar-refractivity contribution in [3.8, 4) is 5.75 Å². The van der Waals surface area contributed by atoms with E-state index in [1.54, 1.807) is 13.3 Å². The summed E-state index contributed by atoms with van der Waals surface area (Å²) in [5, 5.41) is 7.82. The molecular formula is C23H28N4OS. The van der Waals surface area contributed by atoms with Crippen molar-refractivity contribution in [3.05, 3.63) is 59.7 Å². The molecule has 0 bridgehead atoms. The summed E-state index contributed by atoms with van der Waals surface area (Å²) in [6.45, 7) is 9.71. The minimum Gasteiger partial charge on any atom is -0.496 e. The van der Waals surface area contributed by atoms with Gasteiger partial charge in [0.15, 0.2) is 5.11 Å². The number of hydrogen-bond acceptors (Lipinski definition) is 4. The number of ether oxygens (including phenoxy) is 1. The van der Waals surface area contributed by atoms with E-state index in [9.17, 15) is 0 Å². The fourth-order valence-corrected chi connectivity index (χ4v) is 3.99. The molecule has 0 unspecified atom stereocenters. The number of methoxy groups -OCH3 is 1. The van der Waals surface area contributed by atoms with E-state index in [2.05, 4.69) is 66.6 Å². The predicted octanol–water partition coefficient (Wildman–Crippen LogP) is 5.04. The van der Waals surface area contributed by atoms with Crippen LogP contribution < -0.4 is 20.4 Å². The first-order chi connectivity index (χ1) is 13.9. The van der Waals surface area contributed by atoms with E-state index < -0.39 is 0 Å². The Hall–Kier alpha value is -2.86. The lowest BCUT2D eigenvalue weighted by molar-refractivity contribution is 0.413. The van der Waals surface area contributed by atoms with Gasteiger partial charge in [-0.05, 0) is 63.7 Å². The Morgan fingerprint density at radius 2 is 1.97 bits per heavy atom. The van der Waals surface area contributed by atoms with Gasteiger partial charge in [0.05, 0.1) is 18.9 Å². The van der Waals surface area contributed by atoms with Gasteiger partial charge in [-0.1, -0.05) is 24.3 Å². The second-order valence-electron chi connectivity index (χ2n) is 7.53. The number of hydrogen-bond donors (Lipinski definition) is 2. The van der Waals surface area contributed by atoms with Gasteiger partial charge in [0.1, 0.15) is 5.75 Å². The molecule has 2 aromatic carbocycles. The minimum absolute atomic E-state index is 0.0384. The van der Waals surface area contributed by atoms with Gasteiger partial charge in [0.25, 0.3) is 0 Å². The van der Waals surface area contributed by atoms with Gasteiger partial charge < -0.3 is 15.0 Å². The van der Waals surface area contributed by atoms with Crippen molar-refractivity contribution in [1.82, 2.24) is 5.43 Å². The molecule has 6 heteroatoms. The number of allylic oxidation sites excluding steroid dienone is 1. The lowest BCUT2D eigenvalue weighted by Gasteiger charge is -2.43. The number of benzene rings is 2. The molecule has 0 radical (unpaired) electrons. The smallest absolute Gasteiger partial charge is 0.191 e. The minimum atomic E-state index is -0.0384. The number of thiocarbonyl (C=S) groups is 1. The average Bonchev–Trinajstić information content (AvgIpc) is 2.68. The molecule has 1 aliphatic heterocycles. The number of fused-ring (bicyclic) bond motifs is 1. The highest BCUT2D eigenvalue weighted by molar-refractivity contribution is 7.80. The highest BCUT2D eigenvalue weighted by Gasteiger charge is 2.31. The SMILES string of the molecule is CCN1c2cc(OC)c(/C=N/NC(=S)Nc3ccccc3)cc2C(C)=CC1(C)C. The second kappa shape index (κ2) is 8.66. The largest absolute Gasteiger partial charge is 0.496 e. The molecule has 0 fully saturated rings. The predicted molar refractivity (Wildman–Crippen MR) is 127 cm³/mol. The summed E-state index contributed by atoms with van der Waals surface area (Å²) in [5.74, 6) is 0.778. The quantitative estimate of drug-likeness (QED) is 0.412. The fraction of sp³-hybridized carbons (Fsp3) is 0.304. The maximum atomic E-state index is 5.65. The van der Waals surface area contributed by atoms with E-state index in [4.69, 9.17) is 17.0 Å². The van der Waals surface area contributed by atoms with E-state index >= 15 is 0 Å². The molecule has 0 saturated heterocycles. The van der Waals surface area contributed by atoms with Crippen molar-refractivity contribution in [2.24, 2.45) is 5.10 Å². The standard InChI is InChI=1S/C23H28N4OS/c1-6-27-20-13-21(28-5)17(12-19(20)16(2)14-23(27,3)4)15-24-26-22(29)25-18-10-8-7-9-11-18/h7-15H,6H2,1-5H3,(H2,25,26,29)/b24-15+. The van der Waals surface area contributed by atoms with Crippen molar-refractivity contribution in [2.45, 2.75) is 33.2 Å². The number of likely N-dealkylation sites (N-methyl/N-ethyl adjacent to an activating group) is 1. The molecule has 2 aromatic rings. The molecule has 1 aliphatic rings. The number of hydrazone groups is 1. The molecule has 0 atom stereocenters. The van der Waals surface area contributed by atoms with Gasteiger partial charge in [0.2, 0.25) is 0 Å². The molecule has 0 amide bonds. The molecular weight excluding hydrogens is 380 g/mol. The molecule has 0 aromatic heterocycles. The molecule has 1 heterocycles. The van der Waals surface area contributed by atoms with Crippen LogP contribution in [0.3, 0.4) is 0 Å². The van der Waals surface area contributed by atoms with Crippen LogP contribution in [0.5, 0.6) is 5.75 Å². The Bertz CT molecular complexity index is 951. The van der Waals surface area contributed by atoms with Crippen LogP contribution in [-0.2, 0) is 0 Å². The van der Waals surface area contributed by atoms with Crippen molar-refractivity contribution >= 4 is 40.5 Å². The van der Waals surface area contributed by atoms with Crippen LogP contribution in [0.2, 0.25) is 0 Å². The van der Waals surface area contributed by atoms with Crippen LogP contribution in [0.4, 0.5) is 11.4 Å². The zero-order valence-electron chi connectivity index (χ0n) is 17.6. The summed E-state index contributed by atoms with van der Waals surface area (Å²) in [7, 11) is 1.68. The molecule has 0 spiro atoms.